The molecule has 1 fully saturated rings. The van der Waals surface area contributed by atoms with Crippen molar-refractivity contribution in [1.29, 1.82) is 0 Å². The van der Waals surface area contributed by atoms with E-state index in [-0.39, 0.29) is 17.6 Å². The monoisotopic (exact) mass is 329 g/mol. The van der Waals surface area contributed by atoms with Crippen molar-refractivity contribution >= 4 is 33.1 Å². The van der Waals surface area contributed by atoms with Gasteiger partial charge in [0.25, 0.3) is 11.5 Å². The highest BCUT2D eigenvalue weighted by atomic mass is 32.1. The molecule has 1 aliphatic rings. The van der Waals surface area contributed by atoms with Crippen LogP contribution < -0.4 is 10.9 Å². The summed E-state index contributed by atoms with van der Waals surface area (Å²) in [5.74, 6) is -0.183. The van der Waals surface area contributed by atoms with Gasteiger partial charge in [0.05, 0.1) is 16.4 Å². The summed E-state index contributed by atoms with van der Waals surface area (Å²) in [5, 5.41) is 3.35. The number of rotatable bonds is 3. The Bertz CT molecular complexity index is 941. The highest BCUT2D eigenvalue weighted by molar-refractivity contribution is 7.20. The number of pyridine rings is 1. The van der Waals surface area contributed by atoms with E-state index in [1.165, 1.54) is 15.7 Å². The molecule has 0 saturated carbocycles. The Labute approximate surface area is 135 Å². The summed E-state index contributed by atoms with van der Waals surface area (Å²) >= 11 is 1.24. The first-order chi connectivity index (χ1) is 11.2. The van der Waals surface area contributed by atoms with Gasteiger partial charge in [-0.15, -0.1) is 11.3 Å². The Morgan fingerprint density at radius 1 is 1.48 bits per heavy atom. The molecule has 4 rings (SSSR count). The number of fused-ring (bicyclic) bond motifs is 2. The fourth-order valence-electron chi connectivity index (χ4n) is 2.76. The van der Waals surface area contributed by atoms with Crippen LogP contribution in [0.15, 0.2) is 35.3 Å². The van der Waals surface area contributed by atoms with Crippen molar-refractivity contribution in [3.05, 3.63) is 45.7 Å². The Hall–Kier alpha value is -2.25. The van der Waals surface area contributed by atoms with Gasteiger partial charge in [0.2, 0.25) is 0 Å². The van der Waals surface area contributed by atoms with Gasteiger partial charge in [0.1, 0.15) is 10.5 Å². The van der Waals surface area contributed by atoms with Crippen LogP contribution >= 0.6 is 11.3 Å². The molecule has 6 nitrogen and oxygen atoms in total. The average molecular weight is 329 g/mol. The molecule has 1 N–H and O–H groups in total. The number of carbonyl (C=O) groups is 1. The van der Waals surface area contributed by atoms with Crippen molar-refractivity contribution in [1.82, 2.24) is 14.7 Å². The Morgan fingerprint density at radius 2 is 2.39 bits per heavy atom. The average Bonchev–Trinajstić information content (AvgIpc) is 3.22. The van der Waals surface area contributed by atoms with Crippen LogP contribution in [0.2, 0.25) is 0 Å². The van der Waals surface area contributed by atoms with Crippen LogP contribution in [-0.4, -0.2) is 34.5 Å². The minimum Gasteiger partial charge on any atom is -0.376 e. The zero-order chi connectivity index (χ0) is 15.8. The van der Waals surface area contributed by atoms with E-state index in [9.17, 15) is 9.59 Å². The SMILES string of the molecule is O=C(NCC1CCCO1)c1cc2c(=O)n3ccccc3nc2s1. The normalized spacial score (nSPS) is 17.8. The summed E-state index contributed by atoms with van der Waals surface area (Å²) in [4.78, 5) is 30.3. The number of hydrogen-bond acceptors (Lipinski definition) is 5. The molecule has 0 aromatic carbocycles. The largest absolute Gasteiger partial charge is 0.376 e. The molecule has 4 heterocycles. The van der Waals surface area contributed by atoms with Crippen molar-refractivity contribution in [2.24, 2.45) is 0 Å². The van der Waals surface area contributed by atoms with E-state index in [2.05, 4.69) is 10.3 Å². The van der Waals surface area contributed by atoms with Crippen molar-refractivity contribution in [2.45, 2.75) is 18.9 Å². The summed E-state index contributed by atoms with van der Waals surface area (Å²) < 4.78 is 6.98. The molecule has 0 bridgehead atoms. The van der Waals surface area contributed by atoms with Crippen molar-refractivity contribution in [3.8, 4) is 0 Å². The third-order valence-electron chi connectivity index (χ3n) is 3.95. The predicted octanol–water partition coefficient (Wildman–Crippen LogP) is 1.82. The topological polar surface area (TPSA) is 72.7 Å². The highest BCUT2D eigenvalue weighted by Crippen LogP contribution is 2.22. The number of hydrogen-bond donors (Lipinski definition) is 1. The molecule has 23 heavy (non-hydrogen) atoms. The van der Waals surface area contributed by atoms with Crippen LogP contribution in [0.25, 0.3) is 15.9 Å². The molecule has 0 spiro atoms. The number of carbonyl (C=O) groups excluding carboxylic acids is 1. The summed E-state index contributed by atoms with van der Waals surface area (Å²) in [6.07, 6.45) is 3.79. The molecular formula is C16H15N3O3S. The Kier molecular flexibility index (Phi) is 3.59. The lowest BCUT2D eigenvalue weighted by Gasteiger charge is -2.09. The van der Waals surface area contributed by atoms with Crippen LogP contribution in [0.3, 0.4) is 0 Å². The van der Waals surface area contributed by atoms with Crippen LogP contribution in [-0.2, 0) is 4.74 Å². The number of amides is 1. The summed E-state index contributed by atoms with van der Waals surface area (Å²) in [5.41, 5.74) is 0.429. The fraction of sp³-hybridized carbons (Fsp3) is 0.312. The van der Waals surface area contributed by atoms with E-state index >= 15 is 0 Å². The van der Waals surface area contributed by atoms with E-state index in [0.29, 0.717) is 27.3 Å². The van der Waals surface area contributed by atoms with Gasteiger partial charge in [-0.3, -0.25) is 14.0 Å². The molecule has 1 amide bonds. The fourth-order valence-corrected chi connectivity index (χ4v) is 3.70. The number of nitrogens with zero attached hydrogens (tertiary/aromatic N) is 2. The molecule has 1 aliphatic heterocycles. The molecule has 3 aromatic heterocycles. The lowest BCUT2D eigenvalue weighted by atomic mass is 10.2. The number of nitrogens with one attached hydrogen (secondary N) is 1. The maximum atomic E-state index is 12.5. The second-order valence-electron chi connectivity index (χ2n) is 5.52. The zero-order valence-electron chi connectivity index (χ0n) is 12.3. The summed E-state index contributed by atoms with van der Waals surface area (Å²) in [7, 11) is 0. The second kappa shape index (κ2) is 5.75. The van der Waals surface area contributed by atoms with Crippen LogP contribution in [0.4, 0.5) is 0 Å². The standard InChI is InChI=1S/C16H15N3O3S/c20-14(17-9-10-4-3-7-22-10)12-8-11-15(23-12)18-13-5-1-2-6-19(13)16(11)21/h1-2,5-6,8,10H,3-4,7,9H2,(H,17,20). The number of aromatic nitrogens is 2. The molecule has 118 valence electrons. The minimum absolute atomic E-state index is 0.0969. The molecule has 7 heteroatoms. The first-order valence-corrected chi connectivity index (χ1v) is 8.35. The molecule has 1 saturated heterocycles. The maximum absolute atomic E-state index is 12.5. The first-order valence-electron chi connectivity index (χ1n) is 7.53. The van der Waals surface area contributed by atoms with Gasteiger partial charge in [0, 0.05) is 19.3 Å². The van der Waals surface area contributed by atoms with Crippen molar-refractivity contribution in [2.75, 3.05) is 13.2 Å². The van der Waals surface area contributed by atoms with Crippen molar-refractivity contribution < 1.29 is 9.53 Å². The van der Waals surface area contributed by atoms with Gasteiger partial charge in [0.15, 0.2) is 0 Å². The minimum atomic E-state index is -0.183. The van der Waals surface area contributed by atoms with Crippen LogP contribution in [0.5, 0.6) is 0 Å². The van der Waals surface area contributed by atoms with Gasteiger partial charge >= 0.3 is 0 Å². The molecule has 3 aromatic rings. The smallest absolute Gasteiger partial charge is 0.266 e. The van der Waals surface area contributed by atoms with Crippen LogP contribution in [0, 0.1) is 0 Å². The highest BCUT2D eigenvalue weighted by Gasteiger charge is 2.18. The van der Waals surface area contributed by atoms with Gasteiger partial charge < -0.3 is 10.1 Å². The molecule has 1 atom stereocenters. The lowest BCUT2D eigenvalue weighted by Crippen LogP contribution is -2.31. The second-order valence-corrected chi connectivity index (χ2v) is 6.55. The Morgan fingerprint density at radius 3 is 3.22 bits per heavy atom. The van der Waals surface area contributed by atoms with Gasteiger partial charge in [-0.25, -0.2) is 4.98 Å². The molecular weight excluding hydrogens is 314 g/mol. The van der Waals surface area contributed by atoms with E-state index in [1.807, 2.05) is 6.07 Å². The maximum Gasteiger partial charge on any atom is 0.266 e. The zero-order valence-corrected chi connectivity index (χ0v) is 13.1. The quantitative estimate of drug-likeness (QED) is 0.795. The lowest BCUT2D eigenvalue weighted by molar-refractivity contribution is 0.0861. The number of ether oxygens (including phenoxy) is 1. The molecule has 1 unspecified atom stereocenters. The van der Waals surface area contributed by atoms with E-state index in [1.54, 1.807) is 24.4 Å². The van der Waals surface area contributed by atoms with E-state index < -0.39 is 0 Å². The number of thiophene rings is 1. The Balaban J connectivity index is 1.65. The summed E-state index contributed by atoms with van der Waals surface area (Å²) in [6.45, 7) is 1.26. The third kappa shape index (κ3) is 2.62. The van der Waals surface area contributed by atoms with Gasteiger partial charge in [-0.1, -0.05) is 6.07 Å². The van der Waals surface area contributed by atoms with Crippen LogP contribution in [0.1, 0.15) is 22.5 Å². The summed E-state index contributed by atoms with van der Waals surface area (Å²) in [6, 6.07) is 7.01. The molecule has 0 aliphatic carbocycles. The van der Waals surface area contributed by atoms with E-state index in [0.717, 1.165) is 19.4 Å². The van der Waals surface area contributed by atoms with Gasteiger partial charge in [-0.05, 0) is 31.0 Å². The van der Waals surface area contributed by atoms with Crippen molar-refractivity contribution in [3.63, 3.8) is 0 Å². The first kappa shape index (κ1) is 14.3. The third-order valence-corrected chi connectivity index (χ3v) is 4.98. The molecule has 0 radical (unpaired) electrons. The predicted molar refractivity (Wildman–Crippen MR) is 88.2 cm³/mol. The van der Waals surface area contributed by atoms with Gasteiger partial charge in [-0.2, -0.15) is 0 Å². The van der Waals surface area contributed by atoms with E-state index in [4.69, 9.17) is 4.74 Å².